The van der Waals surface area contributed by atoms with Crippen LogP contribution in [0.5, 0.6) is 0 Å². The molecular formula is C15H21NO3S. The Kier molecular flexibility index (Phi) is 3.91. The molecule has 110 valence electrons. The maximum Gasteiger partial charge on any atom is 0.308 e. The summed E-state index contributed by atoms with van der Waals surface area (Å²) < 4.78 is 0. The van der Waals surface area contributed by atoms with E-state index >= 15 is 0 Å². The number of rotatable bonds is 2. The van der Waals surface area contributed by atoms with Gasteiger partial charge < -0.3 is 10.0 Å². The van der Waals surface area contributed by atoms with E-state index in [4.69, 9.17) is 0 Å². The molecule has 1 fully saturated rings. The van der Waals surface area contributed by atoms with Crippen molar-refractivity contribution in [2.24, 2.45) is 5.92 Å². The van der Waals surface area contributed by atoms with E-state index in [1.54, 1.807) is 16.2 Å². The largest absolute Gasteiger partial charge is 0.481 e. The number of hydrogen-bond acceptors (Lipinski definition) is 3. The number of carbonyl (C=O) groups is 2. The van der Waals surface area contributed by atoms with Gasteiger partial charge in [0.25, 0.3) is 0 Å². The first-order valence-corrected chi connectivity index (χ1v) is 7.70. The van der Waals surface area contributed by atoms with Crippen LogP contribution < -0.4 is 0 Å². The molecule has 1 N–H and O–H groups in total. The van der Waals surface area contributed by atoms with Crippen LogP contribution in [0.4, 0.5) is 0 Å². The number of aliphatic carboxylic acids is 1. The van der Waals surface area contributed by atoms with E-state index in [1.807, 2.05) is 39.1 Å². The Hall–Kier alpha value is -1.36. The molecule has 0 saturated carbocycles. The van der Waals surface area contributed by atoms with E-state index in [0.29, 0.717) is 12.8 Å². The molecule has 4 nitrogen and oxygen atoms in total. The third-order valence-electron chi connectivity index (χ3n) is 3.81. The summed E-state index contributed by atoms with van der Waals surface area (Å²) in [7, 11) is 0. The van der Waals surface area contributed by atoms with Crippen molar-refractivity contribution >= 4 is 23.2 Å². The van der Waals surface area contributed by atoms with E-state index < -0.39 is 11.9 Å². The Labute approximate surface area is 123 Å². The molecular weight excluding hydrogens is 274 g/mol. The summed E-state index contributed by atoms with van der Waals surface area (Å²) in [4.78, 5) is 26.8. The van der Waals surface area contributed by atoms with Gasteiger partial charge in [-0.1, -0.05) is 0 Å². The Morgan fingerprint density at radius 3 is 2.55 bits per heavy atom. The summed E-state index contributed by atoms with van der Waals surface area (Å²) >= 11 is 1.54. The third kappa shape index (κ3) is 2.59. The Bertz CT molecular complexity index is 529. The number of carboxylic acids is 1. The maximum atomic E-state index is 12.4. The Balaban J connectivity index is 2.53. The summed E-state index contributed by atoms with van der Waals surface area (Å²) in [5, 5.41) is 11.5. The van der Waals surface area contributed by atoms with Gasteiger partial charge in [0.15, 0.2) is 0 Å². The molecule has 5 heteroatoms. The molecule has 1 amide bonds. The average molecular weight is 295 g/mol. The predicted molar refractivity (Wildman–Crippen MR) is 78.8 cm³/mol. The highest BCUT2D eigenvalue weighted by molar-refractivity contribution is 7.10. The summed E-state index contributed by atoms with van der Waals surface area (Å²) in [5.41, 5.74) is 0.682. The minimum Gasteiger partial charge on any atom is -0.481 e. The van der Waals surface area contributed by atoms with Crippen molar-refractivity contribution < 1.29 is 14.7 Å². The fourth-order valence-electron chi connectivity index (χ4n) is 2.93. The zero-order valence-electron chi connectivity index (χ0n) is 12.3. The van der Waals surface area contributed by atoms with Gasteiger partial charge in [0.05, 0.1) is 12.0 Å². The lowest BCUT2D eigenvalue weighted by molar-refractivity contribution is -0.156. The number of nitrogens with zero attached hydrogens (tertiary/aromatic N) is 1. The van der Waals surface area contributed by atoms with E-state index in [0.717, 1.165) is 10.4 Å². The van der Waals surface area contributed by atoms with Crippen LogP contribution in [-0.4, -0.2) is 27.4 Å². The summed E-state index contributed by atoms with van der Waals surface area (Å²) in [6, 6.07) is 1.63. The number of hydrogen-bond donors (Lipinski definition) is 1. The minimum atomic E-state index is -0.815. The van der Waals surface area contributed by atoms with Crippen LogP contribution >= 0.6 is 11.3 Å². The van der Waals surface area contributed by atoms with Gasteiger partial charge in [-0.2, -0.15) is 0 Å². The molecule has 2 unspecified atom stereocenters. The molecule has 0 radical (unpaired) electrons. The molecule has 0 bridgehead atoms. The molecule has 2 atom stereocenters. The smallest absolute Gasteiger partial charge is 0.308 e. The Morgan fingerprint density at radius 1 is 1.45 bits per heavy atom. The zero-order chi connectivity index (χ0) is 15.1. The molecule has 0 aromatic carbocycles. The highest BCUT2D eigenvalue weighted by Crippen LogP contribution is 2.43. The Morgan fingerprint density at radius 2 is 2.10 bits per heavy atom. The van der Waals surface area contributed by atoms with Gasteiger partial charge in [0.1, 0.15) is 0 Å². The van der Waals surface area contributed by atoms with E-state index in [1.165, 1.54) is 0 Å². The van der Waals surface area contributed by atoms with Gasteiger partial charge in [0.2, 0.25) is 5.91 Å². The number of amides is 1. The van der Waals surface area contributed by atoms with Crippen molar-refractivity contribution in [1.29, 1.82) is 0 Å². The lowest BCUT2D eigenvalue weighted by Gasteiger charge is -2.47. The number of thiophene rings is 1. The second kappa shape index (κ2) is 5.20. The quantitative estimate of drug-likeness (QED) is 0.911. The molecule has 2 heterocycles. The molecule has 1 aromatic rings. The van der Waals surface area contributed by atoms with E-state index in [2.05, 4.69) is 0 Å². The van der Waals surface area contributed by atoms with Crippen molar-refractivity contribution in [3.8, 4) is 0 Å². The first kappa shape index (κ1) is 15.0. The molecule has 0 spiro atoms. The fraction of sp³-hybridized carbons (Fsp3) is 0.600. The molecule has 1 aromatic heterocycles. The van der Waals surface area contributed by atoms with Crippen LogP contribution in [0, 0.1) is 12.8 Å². The monoisotopic (exact) mass is 295 g/mol. The normalized spacial score (nSPS) is 24.0. The molecule has 1 saturated heterocycles. The van der Waals surface area contributed by atoms with Crippen LogP contribution in [0.3, 0.4) is 0 Å². The first-order valence-electron chi connectivity index (χ1n) is 6.82. The van der Waals surface area contributed by atoms with Crippen molar-refractivity contribution in [1.82, 2.24) is 4.90 Å². The van der Waals surface area contributed by atoms with Crippen molar-refractivity contribution in [2.75, 3.05) is 0 Å². The lowest BCUT2D eigenvalue weighted by atomic mass is 9.83. The van der Waals surface area contributed by atoms with Gasteiger partial charge in [-0.05, 0) is 51.1 Å². The zero-order valence-corrected chi connectivity index (χ0v) is 13.2. The molecule has 1 aliphatic heterocycles. The number of likely N-dealkylation sites (tertiary alicyclic amines) is 1. The van der Waals surface area contributed by atoms with Crippen molar-refractivity contribution in [2.45, 2.75) is 52.1 Å². The third-order valence-corrected chi connectivity index (χ3v) is 4.90. The number of piperidine rings is 1. The molecule has 2 rings (SSSR count). The topological polar surface area (TPSA) is 57.6 Å². The maximum absolute atomic E-state index is 12.4. The van der Waals surface area contributed by atoms with Gasteiger partial charge >= 0.3 is 5.97 Å². The van der Waals surface area contributed by atoms with Crippen LogP contribution in [0.1, 0.15) is 50.1 Å². The number of carboxylic acid groups (broad SMARTS) is 1. The van der Waals surface area contributed by atoms with Crippen LogP contribution in [-0.2, 0) is 9.59 Å². The second-order valence-electron chi connectivity index (χ2n) is 6.33. The standard InChI is InChI=1S/C15H21NO3S/c1-9-7-8-20-13(9)12-10(14(18)19)5-6-11(17)16(12)15(2,3)4/h7-8,10,12H,5-6H2,1-4H3,(H,18,19). The van der Waals surface area contributed by atoms with Crippen molar-refractivity contribution in [3.63, 3.8) is 0 Å². The molecule has 0 aliphatic carbocycles. The van der Waals surface area contributed by atoms with Crippen LogP contribution in [0.15, 0.2) is 11.4 Å². The summed E-state index contributed by atoms with van der Waals surface area (Å²) in [5.74, 6) is -1.29. The second-order valence-corrected chi connectivity index (χ2v) is 7.28. The SMILES string of the molecule is Cc1ccsc1C1C(C(=O)O)CCC(=O)N1C(C)(C)C. The van der Waals surface area contributed by atoms with Gasteiger partial charge in [0, 0.05) is 16.8 Å². The molecule has 20 heavy (non-hydrogen) atoms. The lowest BCUT2D eigenvalue weighted by Crippen LogP contribution is -2.53. The van der Waals surface area contributed by atoms with E-state index in [9.17, 15) is 14.7 Å². The van der Waals surface area contributed by atoms with Crippen molar-refractivity contribution in [3.05, 3.63) is 21.9 Å². The number of carbonyl (C=O) groups excluding carboxylic acids is 1. The highest BCUT2D eigenvalue weighted by atomic mass is 32.1. The summed E-state index contributed by atoms with van der Waals surface area (Å²) in [6.45, 7) is 7.87. The first-order chi connectivity index (χ1) is 9.23. The number of aryl methyl sites for hydroxylation is 1. The van der Waals surface area contributed by atoms with Gasteiger partial charge in [-0.15, -0.1) is 11.3 Å². The van der Waals surface area contributed by atoms with Crippen LogP contribution in [0.2, 0.25) is 0 Å². The summed E-state index contributed by atoms with van der Waals surface area (Å²) in [6.07, 6.45) is 0.734. The molecule has 1 aliphatic rings. The van der Waals surface area contributed by atoms with Crippen LogP contribution in [0.25, 0.3) is 0 Å². The fourth-order valence-corrected chi connectivity index (χ4v) is 4.01. The minimum absolute atomic E-state index is 0.0489. The predicted octanol–water partition coefficient (Wildman–Crippen LogP) is 3.22. The van der Waals surface area contributed by atoms with Gasteiger partial charge in [-0.25, -0.2) is 0 Å². The average Bonchev–Trinajstić information content (AvgIpc) is 2.72. The highest BCUT2D eigenvalue weighted by Gasteiger charge is 2.45. The van der Waals surface area contributed by atoms with E-state index in [-0.39, 0.29) is 17.5 Å². The van der Waals surface area contributed by atoms with Gasteiger partial charge in [-0.3, -0.25) is 9.59 Å².